The third-order valence-electron chi connectivity index (χ3n) is 6.61. The first-order chi connectivity index (χ1) is 17.1. The molecule has 0 aromatic heterocycles. The van der Waals surface area contributed by atoms with Gasteiger partial charge in [0.25, 0.3) is 12.3 Å². The molecule has 2 atom stereocenters. The number of halogens is 2. The summed E-state index contributed by atoms with van der Waals surface area (Å²) in [5, 5.41) is 11.8. The number of carbonyl (C=O) groups excluding carboxylic acids is 2. The van der Waals surface area contributed by atoms with Gasteiger partial charge in [0.2, 0.25) is 15.9 Å². The highest BCUT2D eigenvalue weighted by Gasteiger charge is 2.38. The summed E-state index contributed by atoms with van der Waals surface area (Å²) in [6.07, 6.45) is -1.51. The predicted octanol–water partition coefficient (Wildman–Crippen LogP) is 3.25. The minimum Gasteiger partial charge on any atom is -0.348 e. The number of rotatable bonds is 7. The second-order valence-corrected chi connectivity index (χ2v) is 11.0. The van der Waals surface area contributed by atoms with E-state index in [0.717, 1.165) is 0 Å². The molecule has 36 heavy (non-hydrogen) atoms. The van der Waals surface area contributed by atoms with Crippen molar-refractivity contribution in [3.8, 4) is 6.07 Å². The normalized spacial score (nSPS) is 19.5. The predicted molar refractivity (Wildman–Crippen MR) is 126 cm³/mol. The Kier molecular flexibility index (Phi) is 7.38. The topological polar surface area (TPSA) is 111 Å². The number of benzene rings is 2. The van der Waals surface area contributed by atoms with Crippen molar-refractivity contribution in [2.45, 2.75) is 43.2 Å². The van der Waals surface area contributed by atoms with E-state index in [-0.39, 0.29) is 40.9 Å². The molecule has 1 N–H and O–H groups in total. The Hall–Kier alpha value is -3.36. The van der Waals surface area contributed by atoms with Gasteiger partial charge in [0, 0.05) is 30.8 Å². The van der Waals surface area contributed by atoms with E-state index in [1.807, 2.05) is 6.07 Å². The van der Waals surface area contributed by atoms with Gasteiger partial charge in [0.1, 0.15) is 6.04 Å². The smallest absolute Gasteiger partial charge is 0.263 e. The first kappa shape index (κ1) is 25.7. The van der Waals surface area contributed by atoms with Crippen LogP contribution in [0.15, 0.2) is 53.4 Å². The van der Waals surface area contributed by atoms with Crippen LogP contribution in [0.3, 0.4) is 0 Å². The highest BCUT2D eigenvalue weighted by atomic mass is 32.2. The van der Waals surface area contributed by atoms with Gasteiger partial charge in [-0.15, -0.1) is 0 Å². The highest BCUT2D eigenvalue weighted by molar-refractivity contribution is 7.89. The van der Waals surface area contributed by atoms with Crippen LogP contribution in [0.5, 0.6) is 0 Å². The van der Waals surface area contributed by atoms with E-state index < -0.39 is 34.4 Å². The number of nitrogens with zero attached hydrogens (tertiary/aromatic N) is 3. The van der Waals surface area contributed by atoms with Crippen LogP contribution in [0.2, 0.25) is 0 Å². The third-order valence-corrected chi connectivity index (χ3v) is 8.44. The number of carbonyl (C=O) groups is 2. The molecule has 0 bridgehead atoms. The second-order valence-electron chi connectivity index (χ2n) is 9.03. The fraction of sp³-hybridized carbons (Fsp3) is 0.400. The van der Waals surface area contributed by atoms with Gasteiger partial charge >= 0.3 is 0 Å². The summed E-state index contributed by atoms with van der Waals surface area (Å²) in [6, 6.07) is 12.2. The van der Waals surface area contributed by atoms with E-state index in [4.69, 9.17) is 5.26 Å². The van der Waals surface area contributed by atoms with Crippen molar-refractivity contribution in [3.63, 3.8) is 0 Å². The van der Waals surface area contributed by atoms with Gasteiger partial charge in [-0.2, -0.15) is 9.57 Å². The number of likely N-dealkylation sites (tertiary alicyclic amines) is 1. The van der Waals surface area contributed by atoms with Gasteiger partial charge in [-0.3, -0.25) is 9.59 Å². The fourth-order valence-electron chi connectivity index (χ4n) is 4.43. The van der Waals surface area contributed by atoms with Gasteiger partial charge < -0.3 is 10.2 Å². The molecule has 1 unspecified atom stereocenters. The van der Waals surface area contributed by atoms with Crippen molar-refractivity contribution in [1.82, 2.24) is 14.5 Å². The standard InChI is InChI=1S/C25H26F2N4O4S/c1-16(18-7-9-19(10-8-18)23(26)27)29-24(32)22-6-3-11-31(22)25(33)20-4-2-5-21(12-20)36(34,35)30-14-17(13-28)15-30/h2,4-5,7-10,12,16-17,22-23H,3,6,11,14-15H2,1H3,(H,29,32)/t16?,22-/m1/s1. The van der Waals surface area contributed by atoms with Crippen LogP contribution in [-0.2, 0) is 14.8 Å². The molecule has 2 aromatic rings. The van der Waals surface area contributed by atoms with Crippen LogP contribution in [0.25, 0.3) is 0 Å². The Morgan fingerprint density at radius 2 is 1.78 bits per heavy atom. The number of alkyl halides is 2. The molecule has 4 rings (SSSR count). The lowest BCUT2D eigenvalue weighted by Crippen LogP contribution is -2.49. The fourth-order valence-corrected chi connectivity index (χ4v) is 6.00. The van der Waals surface area contributed by atoms with Gasteiger partial charge in [0.05, 0.1) is 22.9 Å². The molecule has 2 saturated heterocycles. The molecule has 2 heterocycles. The minimum absolute atomic E-state index is 0.0363. The molecule has 2 aromatic carbocycles. The number of sulfonamides is 1. The van der Waals surface area contributed by atoms with Gasteiger partial charge in [-0.25, -0.2) is 17.2 Å². The zero-order valence-corrected chi connectivity index (χ0v) is 20.4. The van der Waals surface area contributed by atoms with E-state index >= 15 is 0 Å². The van der Waals surface area contributed by atoms with Crippen molar-refractivity contribution in [1.29, 1.82) is 5.26 Å². The van der Waals surface area contributed by atoms with Crippen molar-refractivity contribution in [3.05, 3.63) is 65.2 Å². The Bertz CT molecular complexity index is 1290. The molecular formula is C25H26F2N4O4S. The Morgan fingerprint density at radius 1 is 1.11 bits per heavy atom. The Labute approximate surface area is 208 Å². The number of amides is 2. The molecule has 0 radical (unpaired) electrons. The maximum absolute atomic E-state index is 13.3. The van der Waals surface area contributed by atoms with Crippen LogP contribution in [0, 0.1) is 17.2 Å². The van der Waals surface area contributed by atoms with E-state index in [9.17, 15) is 26.8 Å². The average Bonchev–Trinajstić information content (AvgIpc) is 3.33. The lowest BCUT2D eigenvalue weighted by Gasteiger charge is -2.34. The second kappa shape index (κ2) is 10.3. The molecular weight excluding hydrogens is 490 g/mol. The zero-order valence-electron chi connectivity index (χ0n) is 19.6. The van der Waals surface area contributed by atoms with Gasteiger partial charge in [-0.1, -0.05) is 30.3 Å². The quantitative estimate of drug-likeness (QED) is 0.608. The molecule has 8 nitrogen and oxygen atoms in total. The summed E-state index contributed by atoms with van der Waals surface area (Å²) >= 11 is 0. The molecule has 2 fully saturated rings. The summed E-state index contributed by atoms with van der Waals surface area (Å²) in [7, 11) is -3.82. The van der Waals surface area contributed by atoms with Crippen LogP contribution < -0.4 is 5.32 Å². The van der Waals surface area contributed by atoms with E-state index in [1.165, 1.54) is 57.7 Å². The number of nitriles is 1. The van der Waals surface area contributed by atoms with Gasteiger partial charge in [-0.05, 0) is 43.5 Å². The summed E-state index contributed by atoms with van der Waals surface area (Å²) < 4.78 is 52.5. The summed E-state index contributed by atoms with van der Waals surface area (Å²) in [5.41, 5.74) is 0.711. The SMILES string of the molecule is CC(NC(=O)[C@H]1CCCN1C(=O)c1cccc(S(=O)(=O)N2CC(C#N)C2)c1)c1ccc(C(F)F)cc1. The van der Waals surface area contributed by atoms with Crippen molar-refractivity contribution < 1.29 is 26.8 Å². The molecule has 190 valence electrons. The zero-order chi connectivity index (χ0) is 26.0. The number of nitrogens with one attached hydrogen (secondary N) is 1. The molecule has 0 aliphatic carbocycles. The largest absolute Gasteiger partial charge is 0.348 e. The highest BCUT2D eigenvalue weighted by Crippen LogP contribution is 2.27. The monoisotopic (exact) mass is 516 g/mol. The number of hydrogen-bond donors (Lipinski definition) is 1. The number of hydrogen-bond acceptors (Lipinski definition) is 5. The maximum Gasteiger partial charge on any atom is 0.263 e. The lowest BCUT2D eigenvalue weighted by molar-refractivity contribution is -0.125. The molecule has 0 spiro atoms. The average molecular weight is 517 g/mol. The summed E-state index contributed by atoms with van der Waals surface area (Å²) in [5.74, 6) is -1.14. The molecule has 2 aliphatic heterocycles. The lowest BCUT2D eigenvalue weighted by atomic mass is 10.1. The van der Waals surface area contributed by atoms with E-state index in [1.54, 1.807) is 6.92 Å². The molecule has 0 saturated carbocycles. The summed E-state index contributed by atoms with van der Waals surface area (Å²) in [4.78, 5) is 27.7. The first-order valence-corrected chi connectivity index (χ1v) is 13.0. The van der Waals surface area contributed by atoms with E-state index in [2.05, 4.69) is 5.32 Å². The van der Waals surface area contributed by atoms with Crippen LogP contribution >= 0.6 is 0 Å². The Balaban J connectivity index is 1.45. The molecule has 2 amide bonds. The van der Waals surface area contributed by atoms with Crippen molar-refractivity contribution in [2.75, 3.05) is 19.6 Å². The van der Waals surface area contributed by atoms with E-state index in [0.29, 0.717) is 24.9 Å². The maximum atomic E-state index is 13.3. The third kappa shape index (κ3) is 5.10. The van der Waals surface area contributed by atoms with Crippen LogP contribution in [0.4, 0.5) is 8.78 Å². The van der Waals surface area contributed by atoms with Gasteiger partial charge in [0.15, 0.2) is 0 Å². The summed E-state index contributed by atoms with van der Waals surface area (Å²) in [6.45, 7) is 2.32. The van der Waals surface area contributed by atoms with Crippen molar-refractivity contribution >= 4 is 21.8 Å². The van der Waals surface area contributed by atoms with Crippen molar-refractivity contribution in [2.24, 2.45) is 5.92 Å². The molecule has 11 heteroatoms. The van der Waals surface area contributed by atoms with Crippen LogP contribution in [0.1, 0.15) is 53.7 Å². The first-order valence-electron chi connectivity index (χ1n) is 11.6. The molecule has 2 aliphatic rings. The Morgan fingerprint density at radius 3 is 2.42 bits per heavy atom. The van der Waals surface area contributed by atoms with Crippen LogP contribution in [-0.4, -0.2) is 55.1 Å². The minimum atomic E-state index is -3.82.